The quantitative estimate of drug-likeness (QED) is 0.263. The Morgan fingerprint density at radius 2 is 1.16 bits per heavy atom. The summed E-state index contributed by atoms with van der Waals surface area (Å²) in [6.45, 7) is 11.5. The van der Waals surface area contributed by atoms with Crippen LogP contribution in [0.4, 0.5) is 0 Å². The van der Waals surface area contributed by atoms with Crippen molar-refractivity contribution in [3.8, 4) is 0 Å². The molecule has 0 amide bonds. The van der Waals surface area contributed by atoms with Crippen LogP contribution in [0.1, 0.15) is 98.8 Å². The molecule has 0 rings (SSSR count). The molecule has 1 heteroatoms. The summed E-state index contributed by atoms with van der Waals surface area (Å²) in [6, 6.07) is 0. The van der Waals surface area contributed by atoms with Gasteiger partial charge < -0.3 is 0 Å². The lowest BCUT2D eigenvalue weighted by Gasteiger charge is -2.38. The molecule has 2 unspecified atom stereocenters. The highest BCUT2D eigenvalue weighted by atomic mass is 35.5. The van der Waals surface area contributed by atoms with Gasteiger partial charge in [0.25, 0.3) is 0 Å². The van der Waals surface area contributed by atoms with Crippen LogP contribution >= 0.6 is 11.6 Å². The molecule has 0 aromatic heterocycles. The second-order valence-electron chi connectivity index (χ2n) is 6.42. The number of halogens is 1. The van der Waals surface area contributed by atoms with E-state index in [0.717, 1.165) is 0 Å². The van der Waals surface area contributed by atoms with E-state index in [4.69, 9.17) is 11.6 Å². The zero-order valence-corrected chi connectivity index (χ0v) is 14.9. The van der Waals surface area contributed by atoms with Crippen molar-refractivity contribution in [3.05, 3.63) is 0 Å². The molecule has 0 nitrogen and oxygen atoms in total. The SMILES string of the molecule is CCCCCCCCCC(Cl)(C(C)CC)C(C)CC. The number of hydrogen-bond acceptors (Lipinski definition) is 0. The number of unbranched alkanes of at least 4 members (excludes halogenated alkanes) is 6. The Balaban J connectivity index is 4.00. The van der Waals surface area contributed by atoms with Crippen LogP contribution in [-0.2, 0) is 0 Å². The smallest absolute Gasteiger partial charge is 0.0497 e. The average molecular weight is 289 g/mol. The van der Waals surface area contributed by atoms with E-state index in [-0.39, 0.29) is 4.87 Å². The van der Waals surface area contributed by atoms with Crippen LogP contribution in [0.3, 0.4) is 0 Å². The molecule has 0 aliphatic rings. The summed E-state index contributed by atoms with van der Waals surface area (Å²) in [4.78, 5) is 0.0346. The first kappa shape index (κ1) is 19.3. The molecule has 0 saturated carbocycles. The summed E-state index contributed by atoms with van der Waals surface area (Å²) in [6.07, 6.45) is 13.2. The van der Waals surface area contributed by atoms with E-state index in [1.54, 1.807) is 0 Å². The molecule has 0 bridgehead atoms. The molecular formula is C18H37Cl. The first-order chi connectivity index (χ1) is 9.02. The van der Waals surface area contributed by atoms with Crippen molar-refractivity contribution in [3.63, 3.8) is 0 Å². The summed E-state index contributed by atoms with van der Waals surface area (Å²) in [5.41, 5.74) is 0. The van der Waals surface area contributed by atoms with Gasteiger partial charge in [0, 0.05) is 4.87 Å². The van der Waals surface area contributed by atoms with E-state index in [9.17, 15) is 0 Å². The fraction of sp³-hybridized carbons (Fsp3) is 1.00. The van der Waals surface area contributed by atoms with Gasteiger partial charge in [0.05, 0.1) is 0 Å². The zero-order chi connectivity index (χ0) is 14.7. The molecule has 19 heavy (non-hydrogen) atoms. The summed E-state index contributed by atoms with van der Waals surface area (Å²) >= 11 is 7.00. The van der Waals surface area contributed by atoms with Crippen molar-refractivity contribution in [2.45, 2.75) is 104 Å². The van der Waals surface area contributed by atoms with Gasteiger partial charge in [-0.3, -0.25) is 0 Å². The molecule has 0 saturated heterocycles. The Labute approximate surface area is 127 Å². The molecule has 0 aromatic carbocycles. The fourth-order valence-electron chi connectivity index (χ4n) is 3.01. The summed E-state index contributed by atoms with van der Waals surface area (Å²) < 4.78 is 0. The van der Waals surface area contributed by atoms with Crippen molar-refractivity contribution in [2.75, 3.05) is 0 Å². The molecule has 0 aliphatic carbocycles. The van der Waals surface area contributed by atoms with E-state index in [1.807, 2.05) is 0 Å². The van der Waals surface area contributed by atoms with Gasteiger partial charge in [0.1, 0.15) is 0 Å². The summed E-state index contributed by atoms with van der Waals surface area (Å²) in [5, 5.41) is 0. The van der Waals surface area contributed by atoms with E-state index in [0.29, 0.717) is 11.8 Å². The van der Waals surface area contributed by atoms with Crippen molar-refractivity contribution in [2.24, 2.45) is 11.8 Å². The minimum Gasteiger partial charge on any atom is -0.119 e. The first-order valence-electron chi connectivity index (χ1n) is 8.71. The fourth-order valence-corrected chi connectivity index (χ4v) is 3.45. The van der Waals surface area contributed by atoms with Gasteiger partial charge in [-0.2, -0.15) is 0 Å². The minimum absolute atomic E-state index is 0.0346. The Morgan fingerprint density at radius 1 is 0.737 bits per heavy atom. The maximum Gasteiger partial charge on any atom is 0.0497 e. The maximum atomic E-state index is 7.00. The highest BCUT2D eigenvalue weighted by Gasteiger charge is 2.36. The molecule has 0 heterocycles. The molecule has 116 valence electrons. The van der Waals surface area contributed by atoms with Gasteiger partial charge in [-0.15, -0.1) is 11.6 Å². The van der Waals surface area contributed by atoms with Gasteiger partial charge in [-0.1, -0.05) is 92.4 Å². The van der Waals surface area contributed by atoms with Crippen LogP contribution < -0.4 is 0 Å². The number of rotatable bonds is 12. The Hall–Kier alpha value is 0.290. The number of alkyl halides is 1. The summed E-state index contributed by atoms with van der Waals surface area (Å²) in [5.74, 6) is 1.26. The van der Waals surface area contributed by atoms with Crippen LogP contribution in [0.5, 0.6) is 0 Å². The van der Waals surface area contributed by atoms with E-state index < -0.39 is 0 Å². The van der Waals surface area contributed by atoms with Gasteiger partial charge >= 0.3 is 0 Å². The molecular weight excluding hydrogens is 252 g/mol. The van der Waals surface area contributed by atoms with Crippen LogP contribution in [0, 0.1) is 11.8 Å². The Morgan fingerprint density at radius 3 is 1.58 bits per heavy atom. The van der Waals surface area contributed by atoms with Crippen LogP contribution in [0.15, 0.2) is 0 Å². The monoisotopic (exact) mass is 288 g/mol. The van der Waals surface area contributed by atoms with E-state index >= 15 is 0 Å². The largest absolute Gasteiger partial charge is 0.119 e. The lowest BCUT2D eigenvalue weighted by Crippen LogP contribution is -2.37. The maximum absolute atomic E-state index is 7.00. The van der Waals surface area contributed by atoms with E-state index in [1.165, 1.54) is 64.2 Å². The Kier molecular flexibility index (Phi) is 11.2. The van der Waals surface area contributed by atoms with Gasteiger partial charge in [0.2, 0.25) is 0 Å². The molecule has 0 aromatic rings. The molecule has 0 spiro atoms. The third kappa shape index (κ3) is 7.02. The van der Waals surface area contributed by atoms with Crippen molar-refractivity contribution >= 4 is 11.6 Å². The normalized spacial score (nSPS) is 18.0. The lowest BCUT2D eigenvalue weighted by molar-refractivity contribution is 0.254. The van der Waals surface area contributed by atoms with Gasteiger partial charge in [0.15, 0.2) is 0 Å². The minimum atomic E-state index is 0.0346. The van der Waals surface area contributed by atoms with Crippen LogP contribution in [-0.4, -0.2) is 4.87 Å². The first-order valence-corrected chi connectivity index (χ1v) is 9.09. The predicted molar refractivity (Wildman–Crippen MR) is 90.1 cm³/mol. The lowest BCUT2D eigenvalue weighted by atomic mass is 9.76. The van der Waals surface area contributed by atoms with Crippen LogP contribution in [0.2, 0.25) is 0 Å². The molecule has 0 N–H and O–H groups in total. The highest BCUT2D eigenvalue weighted by Crippen LogP contribution is 2.41. The van der Waals surface area contributed by atoms with Crippen molar-refractivity contribution in [1.29, 1.82) is 0 Å². The molecule has 0 fully saturated rings. The molecule has 0 aliphatic heterocycles. The highest BCUT2D eigenvalue weighted by molar-refractivity contribution is 6.24. The van der Waals surface area contributed by atoms with Gasteiger partial charge in [-0.25, -0.2) is 0 Å². The van der Waals surface area contributed by atoms with Crippen molar-refractivity contribution in [1.82, 2.24) is 0 Å². The standard InChI is InChI=1S/C18H37Cl/c1-6-9-10-11-12-13-14-15-18(19,16(4)7-2)17(5)8-3/h16-17H,6-15H2,1-5H3. The zero-order valence-electron chi connectivity index (χ0n) is 14.1. The van der Waals surface area contributed by atoms with Gasteiger partial charge in [-0.05, 0) is 18.3 Å². The van der Waals surface area contributed by atoms with E-state index in [2.05, 4.69) is 34.6 Å². The van der Waals surface area contributed by atoms with Crippen molar-refractivity contribution < 1.29 is 0 Å². The summed E-state index contributed by atoms with van der Waals surface area (Å²) in [7, 11) is 0. The average Bonchev–Trinajstić information content (AvgIpc) is 2.44. The second-order valence-corrected chi connectivity index (χ2v) is 7.12. The topological polar surface area (TPSA) is 0 Å². The third-order valence-electron chi connectivity index (χ3n) is 5.03. The molecule has 2 atom stereocenters. The molecule has 0 radical (unpaired) electrons. The third-order valence-corrected chi connectivity index (χ3v) is 5.96. The predicted octanol–water partition coefficient (Wildman–Crippen LogP) is 7.20. The Bertz CT molecular complexity index is 190. The second kappa shape index (κ2) is 11.0. The number of hydrogen-bond donors (Lipinski definition) is 0. The van der Waals surface area contributed by atoms with Crippen LogP contribution in [0.25, 0.3) is 0 Å².